The minimum absolute atomic E-state index is 0.00372. The van der Waals surface area contributed by atoms with Crippen LogP contribution in [0.15, 0.2) is 55.0 Å². The summed E-state index contributed by atoms with van der Waals surface area (Å²) in [5.41, 5.74) is 3.02. The molecular weight excluding hydrogens is 615 g/mol. The van der Waals surface area contributed by atoms with E-state index in [1.165, 1.54) is 6.33 Å². The first-order chi connectivity index (χ1) is 20.8. The van der Waals surface area contributed by atoms with Crippen molar-refractivity contribution in [2.24, 2.45) is 5.92 Å². The molecule has 0 spiro atoms. The van der Waals surface area contributed by atoms with Gasteiger partial charge in [-0.25, -0.2) is 9.97 Å². The van der Waals surface area contributed by atoms with Crippen molar-refractivity contribution in [2.45, 2.75) is 64.1 Å². The second kappa shape index (κ2) is 12.6. The molecule has 0 saturated heterocycles. The largest absolute Gasteiger partial charge is 0.495 e. The third-order valence-corrected chi connectivity index (χ3v) is 13.9. The molecule has 2 aromatic heterocycles. The Morgan fingerprint density at radius 2 is 1.77 bits per heavy atom. The van der Waals surface area contributed by atoms with Gasteiger partial charge in [-0.05, 0) is 73.3 Å². The van der Waals surface area contributed by atoms with Gasteiger partial charge in [0, 0.05) is 30.0 Å². The van der Waals surface area contributed by atoms with Crippen molar-refractivity contribution in [1.82, 2.24) is 14.5 Å². The molecule has 1 atom stereocenters. The first-order valence-electron chi connectivity index (χ1n) is 14.8. The first kappa shape index (κ1) is 32.2. The smallest absolute Gasteiger partial charge is 0.227 e. The fourth-order valence-corrected chi connectivity index (χ4v) is 6.59. The van der Waals surface area contributed by atoms with E-state index in [-0.39, 0.29) is 38.5 Å². The Balaban J connectivity index is 1.63. The molecule has 0 radical (unpaired) electrons. The number of carbonyl (C=O) groups excluding carboxylic acids is 2. The number of carbonyl (C=O) groups is 2. The molecule has 4 aromatic rings. The minimum Gasteiger partial charge on any atom is -0.495 e. The Morgan fingerprint density at radius 3 is 2.41 bits per heavy atom. The standard InChI is InChI=1S/C33H38Cl2N4O4Si/c1-33(2,3)44(5,6)43-16-14-23(29(40)27-30(34)36-19-37-31(27)35)22-17-21-13-15-39(25-9-7-8-10-26(25)42-4)28(21)24(18-22)38-32(41)20-11-12-20/h7-10,13,15,17-20,23H,11-12,14,16H2,1-6H3,(H,38,41). The molecule has 1 amide bonds. The summed E-state index contributed by atoms with van der Waals surface area (Å²) in [6.45, 7) is 11.3. The summed E-state index contributed by atoms with van der Waals surface area (Å²) in [6, 6.07) is 13.5. The second-order valence-electron chi connectivity index (χ2n) is 12.8. The van der Waals surface area contributed by atoms with Crippen LogP contribution in [0.3, 0.4) is 0 Å². The lowest BCUT2D eigenvalue weighted by Crippen LogP contribution is -2.41. The zero-order valence-electron chi connectivity index (χ0n) is 25.9. The third-order valence-electron chi connectivity index (χ3n) is 8.75. The van der Waals surface area contributed by atoms with Gasteiger partial charge in [-0.3, -0.25) is 9.59 Å². The van der Waals surface area contributed by atoms with E-state index in [9.17, 15) is 9.59 Å². The van der Waals surface area contributed by atoms with Gasteiger partial charge >= 0.3 is 0 Å². The number of hydrogen-bond donors (Lipinski definition) is 1. The number of nitrogens with one attached hydrogen (secondary N) is 1. The summed E-state index contributed by atoms with van der Waals surface area (Å²) in [7, 11) is -0.465. The van der Waals surface area contributed by atoms with E-state index in [1.807, 2.05) is 53.2 Å². The second-order valence-corrected chi connectivity index (χ2v) is 18.3. The summed E-state index contributed by atoms with van der Waals surface area (Å²) >= 11 is 12.8. The molecule has 1 unspecified atom stereocenters. The van der Waals surface area contributed by atoms with Crippen LogP contribution in [0.2, 0.25) is 28.4 Å². The number of para-hydroxylation sites is 2. The number of ketones is 1. The van der Waals surface area contributed by atoms with Crippen LogP contribution in [-0.2, 0) is 9.22 Å². The van der Waals surface area contributed by atoms with E-state index >= 15 is 0 Å². The molecule has 5 rings (SSSR count). The van der Waals surface area contributed by atoms with E-state index in [4.69, 9.17) is 32.4 Å². The average Bonchev–Trinajstić information content (AvgIpc) is 3.74. The predicted octanol–water partition coefficient (Wildman–Crippen LogP) is 8.46. The third kappa shape index (κ3) is 6.56. The van der Waals surface area contributed by atoms with Crippen molar-refractivity contribution in [3.8, 4) is 11.4 Å². The summed E-state index contributed by atoms with van der Waals surface area (Å²) in [5, 5.41) is 4.02. The van der Waals surface area contributed by atoms with Gasteiger partial charge in [-0.1, -0.05) is 56.1 Å². The molecule has 44 heavy (non-hydrogen) atoms. The number of fused-ring (bicyclic) bond motifs is 1. The fraction of sp³-hybridized carbons (Fsp3) is 0.394. The van der Waals surface area contributed by atoms with Crippen molar-refractivity contribution in [3.05, 3.63) is 76.4 Å². The molecule has 8 nitrogen and oxygen atoms in total. The number of Topliss-reactive ketones (excluding diaryl/α,β-unsaturated/α-hetero) is 1. The molecule has 1 fully saturated rings. The number of anilines is 1. The predicted molar refractivity (Wildman–Crippen MR) is 178 cm³/mol. The van der Waals surface area contributed by atoms with E-state index in [0.717, 1.165) is 29.4 Å². The van der Waals surface area contributed by atoms with E-state index in [1.54, 1.807) is 7.11 Å². The van der Waals surface area contributed by atoms with Gasteiger partial charge in [0.25, 0.3) is 0 Å². The summed E-state index contributed by atoms with van der Waals surface area (Å²) in [5.74, 6) is -0.350. The fourth-order valence-electron chi connectivity index (χ4n) is 5.03. The van der Waals surface area contributed by atoms with Crippen LogP contribution in [0.4, 0.5) is 5.69 Å². The van der Waals surface area contributed by atoms with E-state index in [0.29, 0.717) is 30.0 Å². The number of methoxy groups -OCH3 is 1. The Morgan fingerprint density at radius 1 is 1.09 bits per heavy atom. The minimum atomic E-state index is -2.09. The normalized spacial score (nSPS) is 14.5. The van der Waals surface area contributed by atoms with Crippen molar-refractivity contribution < 1.29 is 18.8 Å². The molecular formula is C33H38Cl2N4O4Si. The van der Waals surface area contributed by atoms with Crippen LogP contribution in [0.5, 0.6) is 5.75 Å². The zero-order chi connectivity index (χ0) is 31.8. The highest BCUT2D eigenvalue weighted by Crippen LogP contribution is 2.40. The zero-order valence-corrected chi connectivity index (χ0v) is 28.4. The number of amides is 1. The lowest BCUT2D eigenvalue weighted by Gasteiger charge is -2.36. The number of rotatable bonds is 11. The van der Waals surface area contributed by atoms with Gasteiger partial charge in [0.05, 0.1) is 29.6 Å². The Hall–Kier alpha value is -3.24. The molecule has 1 saturated carbocycles. The topological polar surface area (TPSA) is 95.3 Å². The van der Waals surface area contributed by atoms with Crippen molar-refractivity contribution in [1.29, 1.82) is 0 Å². The first-order valence-corrected chi connectivity index (χ1v) is 18.4. The summed E-state index contributed by atoms with van der Waals surface area (Å²) in [6.07, 6.45) is 5.27. The van der Waals surface area contributed by atoms with Crippen LogP contribution in [0, 0.1) is 5.92 Å². The summed E-state index contributed by atoms with van der Waals surface area (Å²) < 4.78 is 14.1. The molecule has 0 bridgehead atoms. The van der Waals surface area contributed by atoms with Crippen molar-refractivity contribution in [3.63, 3.8) is 0 Å². The van der Waals surface area contributed by atoms with Crippen LogP contribution < -0.4 is 10.1 Å². The van der Waals surface area contributed by atoms with Crippen molar-refractivity contribution >= 4 is 59.8 Å². The van der Waals surface area contributed by atoms with Crippen molar-refractivity contribution in [2.75, 3.05) is 19.0 Å². The maximum Gasteiger partial charge on any atom is 0.227 e. The maximum atomic E-state index is 14.2. The molecule has 11 heteroatoms. The lowest BCUT2D eigenvalue weighted by atomic mass is 9.88. The average molecular weight is 654 g/mol. The summed E-state index contributed by atoms with van der Waals surface area (Å²) in [4.78, 5) is 35.4. The molecule has 232 valence electrons. The Bertz CT molecular complexity index is 1690. The van der Waals surface area contributed by atoms with E-state index in [2.05, 4.69) is 49.1 Å². The molecule has 1 aliphatic carbocycles. The number of halogens is 2. The van der Waals surface area contributed by atoms with Gasteiger partial charge in [-0.2, -0.15) is 0 Å². The highest BCUT2D eigenvalue weighted by atomic mass is 35.5. The number of ether oxygens (including phenoxy) is 1. The van der Waals surface area contributed by atoms with Gasteiger partial charge in [0.2, 0.25) is 5.91 Å². The number of benzene rings is 2. The molecule has 2 aromatic carbocycles. The van der Waals surface area contributed by atoms with Gasteiger partial charge in [0.15, 0.2) is 14.1 Å². The van der Waals surface area contributed by atoms with Crippen LogP contribution in [0.1, 0.15) is 61.9 Å². The Labute approximate surface area is 269 Å². The molecule has 1 N–H and O–H groups in total. The SMILES string of the molecule is COc1ccccc1-n1ccc2cc(C(CCO[Si](C)(C)C(C)(C)C)C(=O)c3c(Cl)ncnc3Cl)cc(NC(=O)C3CC3)c21. The van der Waals surface area contributed by atoms with E-state index < -0.39 is 14.2 Å². The monoisotopic (exact) mass is 652 g/mol. The maximum absolute atomic E-state index is 14.2. The number of hydrogen-bond acceptors (Lipinski definition) is 6. The van der Waals surface area contributed by atoms with Crippen LogP contribution in [-0.4, -0.2) is 48.3 Å². The quantitative estimate of drug-likeness (QED) is 0.0992. The molecule has 2 heterocycles. The number of aromatic nitrogens is 3. The Kier molecular flexibility index (Phi) is 9.23. The van der Waals surface area contributed by atoms with Gasteiger partial charge in [-0.15, -0.1) is 0 Å². The van der Waals surface area contributed by atoms with Crippen LogP contribution >= 0.6 is 23.2 Å². The molecule has 1 aliphatic rings. The highest BCUT2D eigenvalue weighted by molar-refractivity contribution is 6.74. The lowest BCUT2D eigenvalue weighted by molar-refractivity contribution is -0.117. The van der Waals surface area contributed by atoms with Gasteiger partial charge in [0.1, 0.15) is 22.4 Å². The highest BCUT2D eigenvalue weighted by Gasteiger charge is 2.38. The van der Waals surface area contributed by atoms with Gasteiger partial charge < -0.3 is 19.0 Å². The number of nitrogens with zero attached hydrogens (tertiary/aromatic N) is 3. The molecule has 0 aliphatic heterocycles. The van der Waals surface area contributed by atoms with Crippen LogP contribution in [0.25, 0.3) is 16.6 Å².